The van der Waals surface area contributed by atoms with E-state index in [9.17, 15) is 0 Å². The van der Waals surface area contributed by atoms with E-state index in [0.717, 1.165) is 12.0 Å². The van der Waals surface area contributed by atoms with E-state index in [2.05, 4.69) is 37.5 Å². The van der Waals surface area contributed by atoms with E-state index in [1.807, 2.05) is 0 Å². The van der Waals surface area contributed by atoms with Gasteiger partial charge in [-0.3, -0.25) is 9.80 Å². The van der Waals surface area contributed by atoms with Crippen molar-refractivity contribution in [3.05, 3.63) is 0 Å². The molecule has 1 saturated carbocycles. The Bertz CT molecular complexity index is 211. The Kier molecular flexibility index (Phi) is 3.09. The number of piperazine rings is 1. The van der Waals surface area contributed by atoms with Crippen LogP contribution in [0, 0.1) is 5.92 Å². The molecule has 1 heterocycles. The first-order valence-electron chi connectivity index (χ1n) is 6.51. The minimum absolute atomic E-state index is 0.461. The molecule has 2 aliphatic rings. The van der Waals surface area contributed by atoms with E-state index in [-0.39, 0.29) is 0 Å². The first-order valence-corrected chi connectivity index (χ1v) is 6.51. The molecule has 0 aromatic carbocycles. The minimum Gasteiger partial charge on any atom is -0.298 e. The van der Waals surface area contributed by atoms with Crippen LogP contribution in [0.3, 0.4) is 0 Å². The number of rotatable bonds is 3. The molecule has 0 radical (unpaired) electrons. The zero-order chi connectivity index (χ0) is 11.1. The molecule has 2 heteroatoms. The zero-order valence-corrected chi connectivity index (χ0v) is 10.8. The summed E-state index contributed by atoms with van der Waals surface area (Å²) in [6, 6.07) is 0.719. The van der Waals surface area contributed by atoms with Crippen LogP contribution in [0.2, 0.25) is 0 Å². The average Bonchev–Trinajstić information content (AvgIpc) is 3.01. The molecule has 0 aromatic rings. The van der Waals surface area contributed by atoms with E-state index in [4.69, 9.17) is 0 Å². The van der Waals surface area contributed by atoms with E-state index < -0.39 is 0 Å². The van der Waals surface area contributed by atoms with Crippen molar-refractivity contribution >= 4 is 0 Å². The van der Waals surface area contributed by atoms with Crippen LogP contribution in [0.5, 0.6) is 0 Å². The maximum atomic E-state index is 2.71. The fraction of sp³-hybridized carbons (Fsp3) is 1.00. The molecule has 2 fully saturated rings. The van der Waals surface area contributed by atoms with Crippen LogP contribution >= 0.6 is 0 Å². The van der Waals surface area contributed by atoms with E-state index in [1.165, 1.54) is 39.0 Å². The predicted molar refractivity (Wildman–Crippen MR) is 65.1 cm³/mol. The van der Waals surface area contributed by atoms with Gasteiger partial charge in [-0.2, -0.15) is 0 Å². The topological polar surface area (TPSA) is 6.48 Å². The Labute approximate surface area is 94.6 Å². The van der Waals surface area contributed by atoms with Gasteiger partial charge in [0, 0.05) is 37.8 Å². The molecule has 0 amide bonds. The summed E-state index contributed by atoms with van der Waals surface area (Å²) in [5, 5.41) is 0. The Morgan fingerprint density at radius 2 is 1.53 bits per heavy atom. The summed E-state index contributed by atoms with van der Waals surface area (Å²) < 4.78 is 0. The quantitative estimate of drug-likeness (QED) is 0.704. The van der Waals surface area contributed by atoms with Gasteiger partial charge in [0.2, 0.25) is 0 Å². The van der Waals surface area contributed by atoms with Gasteiger partial charge in [-0.1, -0.05) is 0 Å². The lowest BCUT2D eigenvalue weighted by Crippen LogP contribution is -2.56. The number of hydrogen-bond donors (Lipinski definition) is 0. The van der Waals surface area contributed by atoms with Crippen molar-refractivity contribution in [3.8, 4) is 0 Å². The van der Waals surface area contributed by atoms with Gasteiger partial charge in [-0.25, -0.2) is 0 Å². The summed E-state index contributed by atoms with van der Waals surface area (Å²) in [4.78, 5) is 5.31. The van der Waals surface area contributed by atoms with Crippen LogP contribution < -0.4 is 0 Å². The molecule has 0 spiro atoms. The van der Waals surface area contributed by atoms with Crippen LogP contribution in [0.25, 0.3) is 0 Å². The molecular weight excluding hydrogens is 184 g/mol. The highest BCUT2D eigenvalue weighted by Gasteiger charge is 2.42. The molecule has 0 N–H and O–H groups in total. The normalized spacial score (nSPS) is 26.2. The first-order chi connectivity index (χ1) is 7.01. The van der Waals surface area contributed by atoms with Gasteiger partial charge in [0.05, 0.1) is 0 Å². The van der Waals surface area contributed by atoms with E-state index >= 15 is 0 Å². The maximum absolute atomic E-state index is 2.71. The highest BCUT2D eigenvalue weighted by Crippen LogP contribution is 2.42. The lowest BCUT2D eigenvalue weighted by molar-refractivity contribution is 0.0289. The average molecular weight is 210 g/mol. The number of nitrogens with zero attached hydrogens (tertiary/aromatic N) is 2. The summed E-state index contributed by atoms with van der Waals surface area (Å²) in [5.74, 6) is 0.975. The van der Waals surface area contributed by atoms with Gasteiger partial charge in [0.25, 0.3) is 0 Å². The molecule has 2 rings (SSSR count). The van der Waals surface area contributed by atoms with Crippen molar-refractivity contribution in [3.63, 3.8) is 0 Å². The minimum atomic E-state index is 0.461. The van der Waals surface area contributed by atoms with Crippen molar-refractivity contribution in [1.29, 1.82) is 0 Å². The molecule has 0 aromatic heterocycles. The third-order valence-corrected chi connectivity index (χ3v) is 4.44. The highest BCUT2D eigenvalue weighted by molar-refractivity contribution is 4.97. The van der Waals surface area contributed by atoms with Crippen LogP contribution in [0.1, 0.15) is 40.5 Å². The molecule has 1 saturated heterocycles. The SMILES string of the molecule is CC(C)N1CCN(C(C)(C)C2CC2)CC1. The van der Waals surface area contributed by atoms with Crippen LogP contribution in [0.15, 0.2) is 0 Å². The Balaban J connectivity index is 1.87. The van der Waals surface area contributed by atoms with Gasteiger partial charge in [-0.05, 0) is 46.5 Å². The van der Waals surface area contributed by atoms with Crippen molar-refractivity contribution in [2.45, 2.75) is 52.1 Å². The molecule has 0 bridgehead atoms. The van der Waals surface area contributed by atoms with Gasteiger partial charge in [-0.15, -0.1) is 0 Å². The Morgan fingerprint density at radius 1 is 1.00 bits per heavy atom. The number of hydrogen-bond acceptors (Lipinski definition) is 2. The Morgan fingerprint density at radius 3 is 1.93 bits per heavy atom. The second-order valence-electron chi connectivity index (χ2n) is 6.04. The molecule has 2 nitrogen and oxygen atoms in total. The summed E-state index contributed by atoms with van der Waals surface area (Å²) in [5.41, 5.74) is 0.461. The predicted octanol–water partition coefficient (Wildman–Crippen LogP) is 2.20. The van der Waals surface area contributed by atoms with Crippen LogP contribution in [0.4, 0.5) is 0 Å². The maximum Gasteiger partial charge on any atom is 0.0182 e. The van der Waals surface area contributed by atoms with E-state index in [0.29, 0.717) is 5.54 Å². The lowest BCUT2D eigenvalue weighted by Gasteiger charge is -2.45. The van der Waals surface area contributed by atoms with Gasteiger partial charge >= 0.3 is 0 Å². The molecule has 88 valence electrons. The Hall–Kier alpha value is -0.0800. The third-order valence-electron chi connectivity index (χ3n) is 4.44. The van der Waals surface area contributed by atoms with Crippen LogP contribution in [-0.4, -0.2) is 47.6 Å². The van der Waals surface area contributed by atoms with E-state index in [1.54, 1.807) is 0 Å². The molecule has 1 aliphatic carbocycles. The van der Waals surface area contributed by atoms with Gasteiger partial charge in [0.1, 0.15) is 0 Å². The second kappa shape index (κ2) is 4.06. The summed E-state index contributed by atoms with van der Waals surface area (Å²) in [6.07, 6.45) is 2.91. The third kappa shape index (κ3) is 2.36. The first kappa shape index (κ1) is 11.4. The zero-order valence-electron chi connectivity index (χ0n) is 10.8. The molecule has 0 unspecified atom stereocenters. The molecule has 15 heavy (non-hydrogen) atoms. The van der Waals surface area contributed by atoms with Crippen molar-refractivity contribution in [2.24, 2.45) is 5.92 Å². The highest BCUT2D eigenvalue weighted by atomic mass is 15.3. The van der Waals surface area contributed by atoms with Gasteiger partial charge in [0.15, 0.2) is 0 Å². The smallest absolute Gasteiger partial charge is 0.0182 e. The van der Waals surface area contributed by atoms with Crippen molar-refractivity contribution < 1.29 is 0 Å². The monoisotopic (exact) mass is 210 g/mol. The van der Waals surface area contributed by atoms with Crippen molar-refractivity contribution in [1.82, 2.24) is 9.80 Å². The van der Waals surface area contributed by atoms with Crippen molar-refractivity contribution in [2.75, 3.05) is 26.2 Å². The fourth-order valence-corrected chi connectivity index (χ4v) is 2.86. The van der Waals surface area contributed by atoms with Crippen LogP contribution in [-0.2, 0) is 0 Å². The lowest BCUT2D eigenvalue weighted by atomic mass is 9.95. The molecular formula is C13H26N2. The molecule has 1 aliphatic heterocycles. The second-order valence-corrected chi connectivity index (χ2v) is 6.04. The summed E-state index contributed by atoms with van der Waals surface area (Å²) in [6.45, 7) is 14.5. The summed E-state index contributed by atoms with van der Waals surface area (Å²) in [7, 11) is 0. The fourth-order valence-electron chi connectivity index (χ4n) is 2.86. The standard InChI is InChI=1S/C13H26N2/c1-11(2)14-7-9-15(10-8-14)13(3,4)12-5-6-12/h11-12H,5-10H2,1-4H3. The molecule has 0 atom stereocenters. The van der Waals surface area contributed by atoms with Gasteiger partial charge < -0.3 is 0 Å². The summed E-state index contributed by atoms with van der Waals surface area (Å²) >= 11 is 0. The largest absolute Gasteiger partial charge is 0.298 e.